The van der Waals surface area contributed by atoms with Crippen LogP contribution in [0.3, 0.4) is 0 Å². The average Bonchev–Trinajstić information content (AvgIpc) is 3.24. The van der Waals surface area contributed by atoms with E-state index in [1.54, 1.807) is 30.3 Å². The molecule has 0 radical (unpaired) electrons. The van der Waals surface area contributed by atoms with Gasteiger partial charge in [0.1, 0.15) is 11.5 Å². The minimum Gasteiger partial charge on any atom is -0.457 e. The minimum absolute atomic E-state index is 0.0811. The number of carbonyl (C=O) groups is 2. The Balaban J connectivity index is 1.56. The topological polar surface area (TPSA) is 50.5 Å². The van der Waals surface area contributed by atoms with Gasteiger partial charge in [-0.15, -0.1) is 0 Å². The molecule has 1 fully saturated rings. The molecule has 30 heavy (non-hydrogen) atoms. The van der Waals surface area contributed by atoms with Crippen LogP contribution < -0.4 is 0 Å². The monoisotopic (exact) mass is 521 g/mol. The third-order valence-corrected chi connectivity index (χ3v) is 6.66. The summed E-state index contributed by atoms with van der Waals surface area (Å²) >= 11 is 16.5. The molecule has 4 rings (SSSR count). The molecule has 0 bridgehead atoms. The van der Waals surface area contributed by atoms with Gasteiger partial charge in [0.25, 0.3) is 11.1 Å². The first kappa shape index (κ1) is 21.2. The van der Waals surface area contributed by atoms with Gasteiger partial charge in [0.05, 0.1) is 11.4 Å². The minimum atomic E-state index is -0.384. The number of amides is 2. The molecule has 2 aromatic carbocycles. The Bertz CT molecular complexity index is 1200. The number of thioether (sulfide) groups is 1. The Morgan fingerprint density at radius 1 is 1.10 bits per heavy atom. The molecule has 0 unspecified atom stereocenters. The summed E-state index contributed by atoms with van der Waals surface area (Å²) in [5, 5.41) is 0.543. The van der Waals surface area contributed by atoms with Crippen molar-refractivity contribution in [3.05, 3.63) is 84.8 Å². The second kappa shape index (κ2) is 8.63. The van der Waals surface area contributed by atoms with Crippen LogP contribution in [0.25, 0.3) is 17.4 Å². The fraction of sp³-hybridized carbons (Fsp3) is 0.0909. The quantitative estimate of drug-likeness (QED) is 0.331. The predicted octanol–water partition coefficient (Wildman–Crippen LogP) is 7.56. The van der Waals surface area contributed by atoms with E-state index in [0.717, 1.165) is 32.3 Å². The molecule has 1 aromatic heterocycles. The van der Waals surface area contributed by atoms with Crippen molar-refractivity contribution in [2.75, 3.05) is 0 Å². The van der Waals surface area contributed by atoms with Crippen molar-refractivity contribution in [3.8, 4) is 11.3 Å². The van der Waals surface area contributed by atoms with Crippen LogP contribution in [0, 0.1) is 6.92 Å². The average molecular weight is 523 g/mol. The van der Waals surface area contributed by atoms with E-state index in [9.17, 15) is 9.59 Å². The summed E-state index contributed by atoms with van der Waals surface area (Å²) in [5.74, 6) is 0.776. The number of rotatable bonds is 4. The summed E-state index contributed by atoms with van der Waals surface area (Å²) in [6, 6.07) is 14.5. The van der Waals surface area contributed by atoms with Crippen LogP contribution in [-0.2, 0) is 11.3 Å². The van der Waals surface area contributed by atoms with Gasteiger partial charge >= 0.3 is 0 Å². The molecule has 2 heterocycles. The second-order valence-electron chi connectivity index (χ2n) is 6.69. The van der Waals surface area contributed by atoms with Crippen LogP contribution in [0.5, 0.6) is 0 Å². The van der Waals surface area contributed by atoms with Crippen molar-refractivity contribution in [3.63, 3.8) is 0 Å². The number of benzene rings is 2. The van der Waals surface area contributed by atoms with Crippen molar-refractivity contribution >= 4 is 68.1 Å². The van der Waals surface area contributed by atoms with E-state index < -0.39 is 0 Å². The SMILES string of the molecule is Cc1ccc(-c2ccc(/C=C3\SC(=O)N(Cc4ccc(Cl)cc4Cl)C3=O)o2)c(Br)c1. The number of aryl methyl sites for hydroxylation is 1. The maximum atomic E-state index is 12.8. The standard InChI is InChI=1S/C22H14BrCl2NO3S/c1-12-2-6-16(17(23)8-12)19-7-5-15(29-19)10-20-21(27)26(22(28)30-20)11-13-3-4-14(24)9-18(13)25/h2-10H,11H2,1H3/b20-10-. The molecule has 0 spiro atoms. The van der Waals surface area contributed by atoms with Crippen LogP contribution in [-0.4, -0.2) is 16.0 Å². The molecule has 8 heteroatoms. The Morgan fingerprint density at radius 3 is 2.63 bits per heavy atom. The molecule has 1 aliphatic rings. The third kappa shape index (κ3) is 4.37. The van der Waals surface area contributed by atoms with E-state index in [4.69, 9.17) is 27.6 Å². The van der Waals surface area contributed by atoms with E-state index in [2.05, 4.69) is 15.9 Å². The van der Waals surface area contributed by atoms with Gasteiger partial charge in [0.2, 0.25) is 0 Å². The molecular formula is C22H14BrCl2NO3S. The van der Waals surface area contributed by atoms with Crippen LogP contribution >= 0.6 is 50.9 Å². The van der Waals surface area contributed by atoms with Gasteiger partial charge in [-0.25, -0.2) is 0 Å². The lowest BCUT2D eigenvalue weighted by molar-refractivity contribution is -0.123. The van der Waals surface area contributed by atoms with Crippen molar-refractivity contribution in [2.24, 2.45) is 0 Å². The molecule has 1 aliphatic heterocycles. The van der Waals surface area contributed by atoms with Gasteiger partial charge in [0, 0.05) is 26.2 Å². The Hall–Kier alpha value is -1.99. The summed E-state index contributed by atoms with van der Waals surface area (Å²) in [6.45, 7) is 2.09. The molecule has 0 aliphatic carbocycles. The molecule has 0 N–H and O–H groups in total. The maximum absolute atomic E-state index is 12.8. The molecule has 4 nitrogen and oxygen atoms in total. The molecule has 0 saturated carbocycles. The van der Waals surface area contributed by atoms with Gasteiger partial charge in [-0.3, -0.25) is 14.5 Å². The zero-order valence-corrected chi connectivity index (χ0v) is 19.5. The first-order valence-electron chi connectivity index (χ1n) is 8.87. The van der Waals surface area contributed by atoms with Crippen LogP contribution in [0.2, 0.25) is 10.0 Å². The lowest BCUT2D eigenvalue weighted by atomic mass is 10.1. The highest BCUT2D eigenvalue weighted by molar-refractivity contribution is 9.10. The lowest BCUT2D eigenvalue weighted by Gasteiger charge is -2.13. The van der Waals surface area contributed by atoms with Gasteiger partial charge in [-0.05, 0) is 66.2 Å². The number of hydrogen-bond acceptors (Lipinski definition) is 4. The zero-order chi connectivity index (χ0) is 21.4. The normalized spacial score (nSPS) is 15.5. The Morgan fingerprint density at radius 2 is 1.90 bits per heavy atom. The fourth-order valence-electron chi connectivity index (χ4n) is 2.98. The summed E-state index contributed by atoms with van der Waals surface area (Å²) in [7, 11) is 0. The number of imide groups is 1. The summed E-state index contributed by atoms with van der Waals surface area (Å²) in [4.78, 5) is 26.6. The van der Waals surface area contributed by atoms with E-state index in [1.165, 1.54) is 0 Å². The summed E-state index contributed by atoms with van der Waals surface area (Å²) in [6.07, 6.45) is 1.58. The third-order valence-electron chi connectivity index (χ3n) is 4.51. The molecule has 2 amide bonds. The maximum Gasteiger partial charge on any atom is 0.293 e. The summed E-state index contributed by atoms with van der Waals surface area (Å²) < 4.78 is 6.80. The lowest BCUT2D eigenvalue weighted by Crippen LogP contribution is -2.27. The van der Waals surface area contributed by atoms with E-state index >= 15 is 0 Å². The van der Waals surface area contributed by atoms with Gasteiger partial charge in [-0.1, -0.05) is 51.3 Å². The highest BCUT2D eigenvalue weighted by Gasteiger charge is 2.35. The van der Waals surface area contributed by atoms with Gasteiger partial charge in [0.15, 0.2) is 0 Å². The number of furan rings is 1. The molecule has 3 aromatic rings. The van der Waals surface area contributed by atoms with Gasteiger partial charge < -0.3 is 4.42 Å². The highest BCUT2D eigenvalue weighted by atomic mass is 79.9. The zero-order valence-electron chi connectivity index (χ0n) is 15.6. The summed E-state index contributed by atoms with van der Waals surface area (Å²) in [5.41, 5.74) is 2.69. The number of halogens is 3. The predicted molar refractivity (Wildman–Crippen MR) is 125 cm³/mol. The van der Waals surface area contributed by atoms with E-state index in [1.807, 2.05) is 31.2 Å². The van der Waals surface area contributed by atoms with Crippen molar-refractivity contribution in [1.82, 2.24) is 4.90 Å². The number of carbonyl (C=O) groups excluding carboxylic acids is 2. The van der Waals surface area contributed by atoms with Crippen LogP contribution in [0.4, 0.5) is 4.79 Å². The molecule has 152 valence electrons. The molecule has 1 saturated heterocycles. The molecule has 0 atom stereocenters. The number of hydrogen-bond donors (Lipinski definition) is 0. The Kier molecular flexibility index (Phi) is 6.11. The smallest absolute Gasteiger partial charge is 0.293 e. The van der Waals surface area contributed by atoms with E-state index in [-0.39, 0.29) is 17.7 Å². The highest BCUT2D eigenvalue weighted by Crippen LogP contribution is 2.36. The van der Waals surface area contributed by atoms with Gasteiger partial charge in [-0.2, -0.15) is 0 Å². The van der Waals surface area contributed by atoms with Crippen molar-refractivity contribution < 1.29 is 14.0 Å². The second-order valence-corrected chi connectivity index (χ2v) is 9.38. The van der Waals surface area contributed by atoms with Crippen molar-refractivity contribution in [2.45, 2.75) is 13.5 Å². The fourth-order valence-corrected chi connectivity index (χ4v) is 4.96. The van der Waals surface area contributed by atoms with Crippen molar-refractivity contribution in [1.29, 1.82) is 0 Å². The van der Waals surface area contributed by atoms with Crippen LogP contribution in [0.1, 0.15) is 16.9 Å². The largest absolute Gasteiger partial charge is 0.457 e. The first-order chi connectivity index (χ1) is 14.3. The van der Waals surface area contributed by atoms with Crippen LogP contribution in [0.15, 0.2) is 62.3 Å². The van der Waals surface area contributed by atoms with E-state index in [0.29, 0.717) is 32.0 Å². The molecular weight excluding hydrogens is 509 g/mol. The number of nitrogens with zero attached hydrogens (tertiary/aromatic N) is 1. The first-order valence-corrected chi connectivity index (χ1v) is 11.2. The Labute approximate surface area is 196 Å².